The highest BCUT2D eigenvalue weighted by Crippen LogP contribution is 2.36. The first-order valence-corrected chi connectivity index (χ1v) is 8.40. The van der Waals surface area contributed by atoms with Crippen molar-refractivity contribution in [1.82, 2.24) is 4.98 Å². The van der Waals surface area contributed by atoms with Gasteiger partial charge < -0.3 is 4.74 Å². The van der Waals surface area contributed by atoms with E-state index >= 15 is 0 Å². The Morgan fingerprint density at radius 3 is 2.62 bits per heavy atom. The predicted octanol–water partition coefficient (Wildman–Crippen LogP) is 5.28. The lowest BCUT2D eigenvalue weighted by molar-refractivity contribution is -0.138. The molecule has 0 spiro atoms. The molecule has 0 bridgehead atoms. The Labute approximate surface area is 152 Å². The first-order valence-electron chi connectivity index (χ1n) is 7.52. The molecule has 0 unspecified atom stereocenters. The van der Waals surface area contributed by atoms with E-state index in [2.05, 4.69) is 15.5 Å². The number of thiazole rings is 1. The first-order chi connectivity index (χ1) is 12.5. The Balaban J connectivity index is 1.70. The third-order valence-corrected chi connectivity index (χ3v) is 4.23. The summed E-state index contributed by atoms with van der Waals surface area (Å²) in [5.41, 5.74) is 4.25. The molecule has 4 nitrogen and oxygen atoms in total. The van der Waals surface area contributed by atoms with Crippen molar-refractivity contribution in [2.75, 3.05) is 12.5 Å². The number of nitrogens with one attached hydrogen (secondary N) is 1. The van der Waals surface area contributed by atoms with Gasteiger partial charge in [-0.2, -0.15) is 18.3 Å². The molecular weight excluding hydrogens is 363 g/mol. The van der Waals surface area contributed by atoms with Crippen LogP contribution in [0.2, 0.25) is 0 Å². The molecule has 26 heavy (non-hydrogen) atoms. The molecule has 0 radical (unpaired) electrons. The summed E-state index contributed by atoms with van der Waals surface area (Å²) in [5.74, 6) is -0.248. The van der Waals surface area contributed by atoms with E-state index in [0.29, 0.717) is 10.7 Å². The maximum Gasteiger partial charge on any atom is 0.419 e. The molecule has 0 saturated carbocycles. The molecule has 1 heterocycles. The Morgan fingerprint density at radius 1 is 1.15 bits per heavy atom. The molecule has 134 valence electrons. The van der Waals surface area contributed by atoms with Gasteiger partial charge in [-0.3, -0.25) is 5.43 Å². The molecule has 0 aliphatic rings. The number of hydrazone groups is 1. The van der Waals surface area contributed by atoms with Gasteiger partial charge in [0.1, 0.15) is 5.75 Å². The average molecular weight is 377 g/mol. The lowest BCUT2D eigenvalue weighted by Gasteiger charge is -2.11. The highest BCUT2D eigenvalue weighted by Gasteiger charge is 2.34. The zero-order valence-electron chi connectivity index (χ0n) is 13.6. The summed E-state index contributed by atoms with van der Waals surface area (Å²) in [6.07, 6.45) is -3.06. The Kier molecular flexibility index (Phi) is 5.22. The minimum atomic E-state index is -4.46. The molecule has 1 aromatic heterocycles. The van der Waals surface area contributed by atoms with E-state index in [9.17, 15) is 13.2 Å². The van der Waals surface area contributed by atoms with Crippen LogP contribution in [0.4, 0.5) is 18.3 Å². The van der Waals surface area contributed by atoms with Crippen molar-refractivity contribution in [3.63, 3.8) is 0 Å². The van der Waals surface area contributed by atoms with Gasteiger partial charge in [-0.1, -0.05) is 36.4 Å². The van der Waals surface area contributed by atoms with Crippen LogP contribution in [0, 0.1) is 0 Å². The van der Waals surface area contributed by atoms with Gasteiger partial charge in [0.15, 0.2) is 0 Å². The molecule has 3 aromatic rings. The lowest BCUT2D eigenvalue weighted by atomic mass is 10.1. The van der Waals surface area contributed by atoms with Crippen LogP contribution in [0.25, 0.3) is 11.3 Å². The van der Waals surface area contributed by atoms with Gasteiger partial charge in [-0.25, -0.2) is 4.98 Å². The number of nitrogens with zero attached hydrogens (tertiary/aromatic N) is 2. The number of hydrogen-bond donors (Lipinski definition) is 1. The van der Waals surface area contributed by atoms with Crippen molar-refractivity contribution in [3.05, 3.63) is 65.0 Å². The highest BCUT2D eigenvalue weighted by molar-refractivity contribution is 7.14. The smallest absolute Gasteiger partial charge is 0.419 e. The highest BCUT2D eigenvalue weighted by atomic mass is 32.1. The van der Waals surface area contributed by atoms with E-state index in [4.69, 9.17) is 4.74 Å². The number of ether oxygens (including phenoxy) is 1. The Bertz CT molecular complexity index is 908. The summed E-state index contributed by atoms with van der Waals surface area (Å²) in [4.78, 5) is 4.41. The van der Waals surface area contributed by atoms with E-state index in [0.717, 1.165) is 17.3 Å². The normalized spacial score (nSPS) is 11.7. The number of hydrogen-bond acceptors (Lipinski definition) is 5. The molecule has 0 atom stereocenters. The second-order valence-corrected chi connectivity index (χ2v) is 6.09. The van der Waals surface area contributed by atoms with Crippen LogP contribution in [0.5, 0.6) is 5.75 Å². The summed E-state index contributed by atoms with van der Waals surface area (Å²) in [7, 11) is 1.20. The average Bonchev–Trinajstić information content (AvgIpc) is 3.10. The number of halogens is 3. The summed E-state index contributed by atoms with van der Waals surface area (Å²) in [6, 6.07) is 13.3. The van der Waals surface area contributed by atoms with Crippen LogP contribution in [-0.4, -0.2) is 18.3 Å². The van der Waals surface area contributed by atoms with Crippen LogP contribution >= 0.6 is 11.3 Å². The van der Waals surface area contributed by atoms with Crippen LogP contribution in [0.3, 0.4) is 0 Å². The molecule has 0 aliphatic heterocycles. The largest absolute Gasteiger partial charge is 0.496 e. The molecular formula is C18H14F3N3OS. The maximum absolute atomic E-state index is 12.8. The van der Waals surface area contributed by atoms with E-state index in [1.54, 1.807) is 0 Å². The van der Waals surface area contributed by atoms with Crippen molar-refractivity contribution in [2.45, 2.75) is 6.18 Å². The monoisotopic (exact) mass is 377 g/mol. The number of alkyl halides is 3. The molecule has 8 heteroatoms. The van der Waals surface area contributed by atoms with Crippen molar-refractivity contribution < 1.29 is 17.9 Å². The number of aromatic nitrogens is 1. The Morgan fingerprint density at radius 2 is 1.92 bits per heavy atom. The zero-order valence-corrected chi connectivity index (χ0v) is 14.4. The fourth-order valence-electron chi connectivity index (χ4n) is 2.25. The topological polar surface area (TPSA) is 46.5 Å². The number of rotatable bonds is 5. The molecule has 0 aliphatic carbocycles. The van der Waals surface area contributed by atoms with Crippen molar-refractivity contribution in [3.8, 4) is 17.0 Å². The van der Waals surface area contributed by atoms with E-state index in [1.807, 2.05) is 35.7 Å². The van der Waals surface area contributed by atoms with Gasteiger partial charge in [0.2, 0.25) is 5.13 Å². The van der Waals surface area contributed by atoms with Gasteiger partial charge in [-0.05, 0) is 17.7 Å². The van der Waals surface area contributed by atoms with Crippen molar-refractivity contribution in [2.24, 2.45) is 5.10 Å². The standard InChI is InChI=1S/C18H14F3N3OS/c1-25-16-9-12(7-8-14(16)18(19,20)21)10-22-24-17-23-15(11-26-17)13-5-3-2-4-6-13/h2-11H,1H3,(H,23,24). The quantitative estimate of drug-likeness (QED) is 0.486. The molecule has 1 N–H and O–H groups in total. The van der Waals surface area contributed by atoms with Gasteiger partial charge >= 0.3 is 6.18 Å². The number of methoxy groups -OCH3 is 1. The van der Waals surface area contributed by atoms with Crippen molar-refractivity contribution >= 4 is 22.7 Å². The third kappa shape index (κ3) is 4.20. The van der Waals surface area contributed by atoms with Crippen LogP contribution in [-0.2, 0) is 6.18 Å². The number of anilines is 1. The second-order valence-electron chi connectivity index (χ2n) is 5.23. The van der Waals surface area contributed by atoms with Gasteiger partial charge in [-0.15, -0.1) is 11.3 Å². The second kappa shape index (κ2) is 7.57. The molecule has 0 fully saturated rings. The van der Waals surface area contributed by atoms with E-state index < -0.39 is 11.7 Å². The summed E-state index contributed by atoms with van der Waals surface area (Å²) in [5, 5.41) is 6.50. The van der Waals surface area contributed by atoms with Crippen molar-refractivity contribution in [1.29, 1.82) is 0 Å². The summed E-state index contributed by atoms with van der Waals surface area (Å²) in [6.45, 7) is 0. The van der Waals surface area contributed by atoms with Crippen LogP contribution in [0.15, 0.2) is 59.0 Å². The van der Waals surface area contributed by atoms with Gasteiger partial charge in [0.05, 0.1) is 24.6 Å². The maximum atomic E-state index is 12.8. The predicted molar refractivity (Wildman–Crippen MR) is 96.8 cm³/mol. The van der Waals surface area contributed by atoms with Gasteiger partial charge in [0, 0.05) is 10.9 Å². The minimum Gasteiger partial charge on any atom is -0.496 e. The molecule has 3 rings (SSSR count). The SMILES string of the molecule is COc1cc(C=NNc2nc(-c3ccccc3)cs2)ccc1C(F)(F)F. The molecule has 0 saturated heterocycles. The van der Waals surface area contributed by atoms with Crippen LogP contribution in [0.1, 0.15) is 11.1 Å². The summed E-state index contributed by atoms with van der Waals surface area (Å²) < 4.78 is 43.4. The lowest BCUT2D eigenvalue weighted by Crippen LogP contribution is -2.07. The van der Waals surface area contributed by atoms with Gasteiger partial charge in [0.25, 0.3) is 0 Å². The molecule has 0 amide bonds. The fourth-order valence-corrected chi connectivity index (χ4v) is 2.92. The fraction of sp³-hybridized carbons (Fsp3) is 0.111. The minimum absolute atomic E-state index is 0.248. The number of benzene rings is 2. The summed E-state index contributed by atoms with van der Waals surface area (Å²) >= 11 is 1.38. The van der Waals surface area contributed by atoms with E-state index in [1.165, 1.54) is 36.8 Å². The van der Waals surface area contributed by atoms with Crippen LogP contribution < -0.4 is 10.2 Å². The zero-order chi connectivity index (χ0) is 18.6. The Hall–Kier alpha value is -2.87. The third-order valence-electron chi connectivity index (χ3n) is 3.48. The first kappa shape index (κ1) is 17.9. The van der Waals surface area contributed by atoms with E-state index in [-0.39, 0.29) is 5.75 Å². The molecule has 2 aromatic carbocycles.